The van der Waals surface area contributed by atoms with Crippen LogP contribution in [0.2, 0.25) is 0 Å². The molecule has 10 nitrogen and oxygen atoms in total. The zero-order chi connectivity index (χ0) is 24.5. The van der Waals surface area contributed by atoms with Crippen LogP contribution < -0.4 is 14.8 Å². The number of ketones is 1. The first-order valence-corrected chi connectivity index (χ1v) is 11.3. The van der Waals surface area contributed by atoms with Gasteiger partial charge in [-0.1, -0.05) is 0 Å². The van der Waals surface area contributed by atoms with Crippen molar-refractivity contribution in [2.75, 3.05) is 39.5 Å². The normalized spacial score (nSPS) is 12.8. The SMILES string of the molecule is CCOc1ccc(C(=O)NCC(=O)OCC(=O)c2c[nH]c(C(=O)N3CCCC3)c2)cc1OCC. The van der Waals surface area contributed by atoms with Crippen molar-refractivity contribution >= 4 is 23.6 Å². The van der Waals surface area contributed by atoms with Crippen LogP contribution in [0.15, 0.2) is 30.5 Å². The van der Waals surface area contributed by atoms with Gasteiger partial charge in [0.05, 0.1) is 13.2 Å². The topological polar surface area (TPSA) is 127 Å². The van der Waals surface area contributed by atoms with Crippen LogP contribution in [-0.4, -0.2) is 72.9 Å². The van der Waals surface area contributed by atoms with E-state index in [1.165, 1.54) is 18.3 Å². The number of aromatic amines is 1. The van der Waals surface area contributed by atoms with Gasteiger partial charge < -0.3 is 29.4 Å². The third-order valence-electron chi connectivity index (χ3n) is 5.19. The molecule has 10 heteroatoms. The Balaban J connectivity index is 1.47. The van der Waals surface area contributed by atoms with Crippen LogP contribution in [0.25, 0.3) is 0 Å². The second-order valence-corrected chi connectivity index (χ2v) is 7.60. The van der Waals surface area contributed by atoms with Crippen molar-refractivity contribution in [2.45, 2.75) is 26.7 Å². The van der Waals surface area contributed by atoms with Crippen molar-refractivity contribution in [3.05, 3.63) is 47.3 Å². The fraction of sp³-hybridized carbons (Fsp3) is 0.417. The van der Waals surface area contributed by atoms with E-state index in [1.54, 1.807) is 17.0 Å². The van der Waals surface area contributed by atoms with E-state index in [2.05, 4.69) is 10.3 Å². The number of Topliss-reactive ketones (excluding diaryl/α,β-unsaturated/α-hetero) is 1. The predicted molar refractivity (Wildman–Crippen MR) is 122 cm³/mol. The van der Waals surface area contributed by atoms with Gasteiger partial charge in [-0.15, -0.1) is 0 Å². The Bertz CT molecular complexity index is 1040. The molecule has 0 saturated carbocycles. The molecule has 2 N–H and O–H groups in total. The van der Waals surface area contributed by atoms with Gasteiger partial charge in [0.15, 0.2) is 18.1 Å². The summed E-state index contributed by atoms with van der Waals surface area (Å²) in [5, 5.41) is 2.46. The summed E-state index contributed by atoms with van der Waals surface area (Å²) >= 11 is 0. The predicted octanol–water partition coefficient (Wildman–Crippen LogP) is 2.20. The van der Waals surface area contributed by atoms with Crippen LogP contribution in [0, 0.1) is 0 Å². The van der Waals surface area contributed by atoms with Gasteiger partial charge >= 0.3 is 5.97 Å². The first-order chi connectivity index (χ1) is 16.4. The van der Waals surface area contributed by atoms with Crippen LogP contribution in [0.1, 0.15) is 57.9 Å². The first-order valence-electron chi connectivity index (χ1n) is 11.3. The molecular formula is C24H29N3O7. The fourth-order valence-electron chi connectivity index (χ4n) is 3.50. The van der Waals surface area contributed by atoms with Gasteiger partial charge in [0, 0.05) is 30.4 Å². The summed E-state index contributed by atoms with van der Waals surface area (Å²) in [5.41, 5.74) is 0.862. The number of nitrogens with zero attached hydrogens (tertiary/aromatic N) is 1. The maximum atomic E-state index is 12.4. The molecule has 0 unspecified atom stereocenters. The largest absolute Gasteiger partial charge is 0.490 e. The second kappa shape index (κ2) is 11.9. The van der Waals surface area contributed by atoms with Gasteiger partial charge in [0.25, 0.3) is 11.8 Å². The molecule has 0 atom stereocenters. The van der Waals surface area contributed by atoms with E-state index in [4.69, 9.17) is 14.2 Å². The van der Waals surface area contributed by atoms with Crippen LogP contribution in [0.3, 0.4) is 0 Å². The molecule has 3 rings (SSSR count). The highest BCUT2D eigenvalue weighted by Crippen LogP contribution is 2.28. The van der Waals surface area contributed by atoms with Gasteiger partial charge in [0.1, 0.15) is 12.2 Å². The molecule has 2 aromatic rings. The highest BCUT2D eigenvalue weighted by atomic mass is 16.5. The molecule has 1 fully saturated rings. The van der Waals surface area contributed by atoms with Gasteiger partial charge in [-0.3, -0.25) is 19.2 Å². The van der Waals surface area contributed by atoms with Gasteiger partial charge in [-0.2, -0.15) is 0 Å². The molecule has 182 valence electrons. The maximum Gasteiger partial charge on any atom is 0.325 e. The minimum absolute atomic E-state index is 0.155. The van der Waals surface area contributed by atoms with E-state index in [0.29, 0.717) is 49.1 Å². The molecule has 2 amide bonds. The number of rotatable bonds is 11. The monoisotopic (exact) mass is 471 g/mol. The molecule has 2 heterocycles. The molecule has 0 radical (unpaired) electrons. The van der Waals surface area contributed by atoms with Crippen molar-refractivity contribution in [1.82, 2.24) is 15.2 Å². The summed E-state index contributed by atoms with van der Waals surface area (Å²) in [6, 6.07) is 6.18. The number of hydrogen-bond acceptors (Lipinski definition) is 7. The van der Waals surface area contributed by atoms with Gasteiger partial charge in [0.2, 0.25) is 5.78 Å². The van der Waals surface area contributed by atoms with Crippen molar-refractivity contribution in [2.24, 2.45) is 0 Å². The second-order valence-electron chi connectivity index (χ2n) is 7.60. The number of ether oxygens (including phenoxy) is 3. The molecule has 1 saturated heterocycles. The lowest BCUT2D eigenvalue weighted by molar-refractivity contribution is -0.141. The lowest BCUT2D eigenvalue weighted by atomic mass is 10.2. The molecule has 1 aliphatic rings. The number of H-pyrrole nitrogens is 1. The average Bonchev–Trinajstić information content (AvgIpc) is 3.55. The number of hydrogen-bond donors (Lipinski definition) is 2. The third kappa shape index (κ3) is 6.37. The van der Waals surface area contributed by atoms with Gasteiger partial charge in [-0.05, 0) is 51.0 Å². The number of nitrogens with one attached hydrogen (secondary N) is 2. The Morgan fingerprint density at radius 1 is 0.971 bits per heavy atom. The summed E-state index contributed by atoms with van der Waals surface area (Å²) in [6.45, 7) is 5.02. The standard InChI is InChI=1S/C24H29N3O7/c1-3-32-20-8-7-16(12-21(20)33-4-2)23(30)26-14-22(29)34-15-19(28)17-11-18(25-13-17)24(31)27-9-5-6-10-27/h7-8,11-13,25H,3-6,9-10,14-15H2,1-2H3,(H,26,30). The minimum atomic E-state index is -0.762. The zero-order valence-electron chi connectivity index (χ0n) is 19.3. The lowest BCUT2D eigenvalue weighted by Crippen LogP contribution is -2.31. The van der Waals surface area contributed by atoms with Crippen LogP contribution in [0.5, 0.6) is 11.5 Å². The summed E-state index contributed by atoms with van der Waals surface area (Å²) in [6.07, 6.45) is 3.36. The Morgan fingerprint density at radius 3 is 2.38 bits per heavy atom. The number of likely N-dealkylation sites (tertiary alicyclic amines) is 1. The quantitative estimate of drug-likeness (QED) is 0.380. The molecule has 0 spiro atoms. The van der Waals surface area contributed by atoms with Crippen molar-refractivity contribution in [3.63, 3.8) is 0 Å². The van der Waals surface area contributed by atoms with E-state index in [-0.39, 0.29) is 11.5 Å². The minimum Gasteiger partial charge on any atom is -0.490 e. The number of carbonyl (C=O) groups is 4. The summed E-state index contributed by atoms with van der Waals surface area (Å²) in [7, 11) is 0. The Morgan fingerprint density at radius 2 is 1.68 bits per heavy atom. The van der Waals surface area contributed by atoms with E-state index in [0.717, 1.165) is 12.8 Å². The molecule has 0 aliphatic carbocycles. The molecule has 34 heavy (non-hydrogen) atoms. The van der Waals surface area contributed by atoms with E-state index in [9.17, 15) is 19.2 Å². The molecule has 0 bridgehead atoms. The third-order valence-corrected chi connectivity index (χ3v) is 5.19. The number of benzene rings is 1. The highest BCUT2D eigenvalue weighted by molar-refractivity contribution is 6.01. The van der Waals surface area contributed by atoms with Crippen molar-refractivity contribution in [3.8, 4) is 11.5 Å². The van der Waals surface area contributed by atoms with Crippen LogP contribution >= 0.6 is 0 Å². The van der Waals surface area contributed by atoms with Crippen LogP contribution in [-0.2, 0) is 9.53 Å². The van der Waals surface area contributed by atoms with Crippen LogP contribution in [0.4, 0.5) is 0 Å². The van der Waals surface area contributed by atoms with Crippen molar-refractivity contribution < 1.29 is 33.4 Å². The van der Waals surface area contributed by atoms with Gasteiger partial charge in [-0.25, -0.2) is 0 Å². The number of aromatic nitrogens is 1. The maximum absolute atomic E-state index is 12.4. The number of esters is 1. The summed E-state index contributed by atoms with van der Waals surface area (Å²) in [4.78, 5) is 53.6. The highest BCUT2D eigenvalue weighted by Gasteiger charge is 2.22. The molecular weight excluding hydrogens is 442 g/mol. The molecule has 1 aromatic heterocycles. The fourth-order valence-corrected chi connectivity index (χ4v) is 3.50. The average molecular weight is 472 g/mol. The summed E-state index contributed by atoms with van der Waals surface area (Å²) < 4.78 is 15.9. The van der Waals surface area contributed by atoms with E-state index in [1.807, 2.05) is 13.8 Å². The van der Waals surface area contributed by atoms with E-state index < -0.39 is 30.8 Å². The van der Waals surface area contributed by atoms with Crippen molar-refractivity contribution in [1.29, 1.82) is 0 Å². The smallest absolute Gasteiger partial charge is 0.325 e. The Hall–Kier alpha value is -3.82. The Kier molecular flexibility index (Phi) is 8.66. The number of carbonyl (C=O) groups excluding carboxylic acids is 4. The lowest BCUT2D eigenvalue weighted by Gasteiger charge is -2.13. The molecule has 1 aliphatic heterocycles. The number of amides is 2. The Labute approximate surface area is 197 Å². The first kappa shape index (κ1) is 24.8. The zero-order valence-corrected chi connectivity index (χ0v) is 19.3. The molecule has 1 aromatic carbocycles. The summed E-state index contributed by atoms with van der Waals surface area (Å²) in [5.74, 6) is -0.917. The van der Waals surface area contributed by atoms with E-state index >= 15 is 0 Å².